The van der Waals surface area contributed by atoms with Gasteiger partial charge in [0.1, 0.15) is 18.4 Å². The summed E-state index contributed by atoms with van der Waals surface area (Å²) in [6, 6.07) is 7.22. The van der Waals surface area contributed by atoms with Crippen LogP contribution in [0.1, 0.15) is 0 Å². The third-order valence-electron chi connectivity index (χ3n) is 1.49. The smallest absolute Gasteiger partial charge is 0.324 e. The van der Waals surface area contributed by atoms with Crippen molar-refractivity contribution in [1.82, 2.24) is 15.0 Å². The van der Waals surface area contributed by atoms with Crippen molar-refractivity contribution in [2.75, 3.05) is 0 Å². The normalized spacial score (nSPS) is 9.79. The molecule has 5 heteroatoms. The quantitative estimate of drug-likeness (QED) is 0.758. The Hall–Kier alpha value is -1.68. The zero-order valence-electron chi connectivity index (χ0n) is 7.09. The molecule has 14 heavy (non-hydrogen) atoms. The van der Waals surface area contributed by atoms with E-state index in [0.717, 1.165) is 0 Å². The summed E-state index contributed by atoms with van der Waals surface area (Å²) in [6.45, 7) is 0. The lowest BCUT2D eigenvalue weighted by atomic mass is 10.3. The fourth-order valence-electron chi connectivity index (χ4n) is 0.889. The van der Waals surface area contributed by atoms with Gasteiger partial charge in [-0.15, -0.1) is 0 Å². The second-order valence-electron chi connectivity index (χ2n) is 2.48. The van der Waals surface area contributed by atoms with E-state index in [2.05, 4.69) is 15.0 Å². The monoisotopic (exact) mass is 207 g/mol. The molecule has 0 N–H and O–H groups in total. The van der Waals surface area contributed by atoms with Crippen LogP contribution in [0.25, 0.3) is 0 Å². The molecule has 2 rings (SSSR count). The minimum Gasteiger partial charge on any atom is -0.424 e. The molecule has 0 saturated heterocycles. The summed E-state index contributed by atoms with van der Waals surface area (Å²) >= 11 is 5.72. The van der Waals surface area contributed by atoms with Gasteiger partial charge in [-0.25, -0.2) is 4.98 Å². The standard InChI is InChI=1S/C9H6ClN3O/c10-7-1-3-8(4-2-7)14-9-12-5-11-6-13-9/h1-6H. The van der Waals surface area contributed by atoms with Crippen molar-refractivity contribution < 1.29 is 4.74 Å². The van der Waals surface area contributed by atoms with Gasteiger partial charge in [0.15, 0.2) is 0 Å². The van der Waals surface area contributed by atoms with E-state index in [4.69, 9.17) is 16.3 Å². The maximum atomic E-state index is 5.72. The molecule has 0 radical (unpaired) electrons. The zero-order chi connectivity index (χ0) is 9.80. The van der Waals surface area contributed by atoms with Crippen LogP contribution in [0.4, 0.5) is 0 Å². The molecule has 70 valence electrons. The highest BCUT2D eigenvalue weighted by Gasteiger charge is 1.98. The fourth-order valence-corrected chi connectivity index (χ4v) is 1.02. The third-order valence-corrected chi connectivity index (χ3v) is 1.74. The maximum absolute atomic E-state index is 5.72. The van der Waals surface area contributed by atoms with E-state index in [1.165, 1.54) is 12.7 Å². The van der Waals surface area contributed by atoms with Gasteiger partial charge in [0.05, 0.1) is 0 Å². The van der Waals surface area contributed by atoms with Crippen LogP contribution in [0.5, 0.6) is 11.8 Å². The lowest BCUT2D eigenvalue weighted by Gasteiger charge is -2.01. The zero-order valence-corrected chi connectivity index (χ0v) is 7.85. The average molecular weight is 208 g/mol. The summed E-state index contributed by atoms with van der Waals surface area (Å²) in [7, 11) is 0. The van der Waals surface area contributed by atoms with Crippen LogP contribution < -0.4 is 4.74 Å². The highest BCUT2D eigenvalue weighted by Crippen LogP contribution is 2.19. The Morgan fingerprint density at radius 2 is 1.64 bits per heavy atom. The molecular weight excluding hydrogens is 202 g/mol. The molecule has 1 aromatic carbocycles. The van der Waals surface area contributed by atoms with Crippen molar-refractivity contribution >= 4 is 11.6 Å². The minimum atomic E-state index is 0.266. The molecule has 0 spiro atoms. The molecular formula is C9H6ClN3O. The van der Waals surface area contributed by atoms with Gasteiger partial charge in [-0.3, -0.25) is 0 Å². The molecule has 0 atom stereocenters. The van der Waals surface area contributed by atoms with Crippen LogP contribution in [0.2, 0.25) is 5.02 Å². The summed E-state index contributed by atoms with van der Waals surface area (Å²) in [5.41, 5.74) is 0. The molecule has 0 aliphatic carbocycles. The van der Waals surface area contributed by atoms with E-state index in [9.17, 15) is 0 Å². The molecule has 1 aromatic heterocycles. The van der Waals surface area contributed by atoms with Crippen LogP contribution in [0.15, 0.2) is 36.9 Å². The van der Waals surface area contributed by atoms with Crippen molar-refractivity contribution in [1.29, 1.82) is 0 Å². The average Bonchev–Trinajstić information content (AvgIpc) is 2.23. The van der Waals surface area contributed by atoms with Crippen LogP contribution >= 0.6 is 11.6 Å². The molecule has 0 aliphatic heterocycles. The summed E-state index contributed by atoms with van der Waals surface area (Å²) in [5, 5.41) is 0.660. The molecule has 0 aliphatic rings. The maximum Gasteiger partial charge on any atom is 0.324 e. The van der Waals surface area contributed by atoms with Gasteiger partial charge in [0.25, 0.3) is 0 Å². The summed E-state index contributed by atoms with van der Waals surface area (Å²) < 4.78 is 5.31. The largest absolute Gasteiger partial charge is 0.424 e. The predicted molar refractivity (Wildman–Crippen MR) is 51.4 cm³/mol. The summed E-state index contributed by atoms with van der Waals surface area (Å²) in [6.07, 6.45) is 2.75. The van der Waals surface area contributed by atoms with Crippen LogP contribution in [0, 0.1) is 0 Å². The first-order valence-corrected chi connectivity index (χ1v) is 4.28. The highest BCUT2D eigenvalue weighted by atomic mass is 35.5. The molecule has 4 nitrogen and oxygen atoms in total. The van der Waals surface area contributed by atoms with Crippen molar-refractivity contribution in [2.45, 2.75) is 0 Å². The van der Waals surface area contributed by atoms with E-state index in [1.807, 2.05) is 0 Å². The van der Waals surface area contributed by atoms with Gasteiger partial charge in [0, 0.05) is 5.02 Å². The number of aromatic nitrogens is 3. The van der Waals surface area contributed by atoms with E-state index < -0.39 is 0 Å². The Labute approximate surface area is 85.6 Å². The first kappa shape index (κ1) is 8.90. The first-order chi connectivity index (χ1) is 6.84. The van der Waals surface area contributed by atoms with Gasteiger partial charge >= 0.3 is 6.01 Å². The third kappa shape index (κ3) is 2.17. The van der Waals surface area contributed by atoms with Crippen molar-refractivity contribution in [3.63, 3.8) is 0 Å². The molecule has 0 saturated carbocycles. The Balaban J connectivity index is 2.16. The van der Waals surface area contributed by atoms with Crippen LogP contribution in [-0.4, -0.2) is 15.0 Å². The predicted octanol–water partition coefficient (Wildman–Crippen LogP) is 2.32. The Morgan fingerprint density at radius 1 is 1.00 bits per heavy atom. The second kappa shape index (κ2) is 4.02. The summed E-state index contributed by atoms with van der Waals surface area (Å²) in [5.74, 6) is 0.639. The van der Waals surface area contributed by atoms with E-state index >= 15 is 0 Å². The summed E-state index contributed by atoms with van der Waals surface area (Å²) in [4.78, 5) is 11.3. The Kier molecular flexibility index (Phi) is 2.55. The van der Waals surface area contributed by atoms with Gasteiger partial charge in [-0.1, -0.05) is 11.6 Å². The fraction of sp³-hybridized carbons (Fsp3) is 0. The number of hydrogen-bond acceptors (Lipinski definition) is 4. The first-order valence-electron chi connectivity index (χ1n) is 3.90. The number of benzene rings is 1. The van der Waals surface area contributed by atoms with Crippen molar-refractivity contribution in [2.24, 2.45) is 0 Å². The van der Waals surface area contributed by atoms with Crippen LogP contribution in [-0.2, 0) is 0 Å². The second-order valence-corrected chi connectivity index (χ2v) is 2.91. The van der Waals surface area contributed by atoms with E-state index in [1.54, 1.807) is 24.3 Å². The van der Waals surface area contributed by atoms with Gasteiger partial charge in [-0.05, 0) is 24.3 Å². The molecule has 0 amide bonds. The molecule has 0 bridgehead atoms. The number of hydrogen-bond donors (Lipinski definition) is 0. The topological polar surface area (TPSA) is 47.9 Å². The number of halogens is 1. The molecule has 2 aromatic rings. The van der Waals surface area contributed by atoms with Gasteiger partial charge < -0.3 is 4.74 Å². The lowest BCUT2D eigenvalue weighted by molar-refractivity contribution is 0.439. The molecule has 0 fully saturated rings. The van der Waals surface area contributed by atoms with E-state index in [-0.39, 0.29) is 6.01 Å². The van der Waals surface area contributed by atoms with Gasteiger partial charge in [0.2, 0.25) is 0 Å². The lowest BCUT2D eigenvalue weighted by Crippen LogP contribution is -1.91. The van der Waals surface area contributed by atoms with Gasteiger partial charge in [-0.2, -0.15) is 9.97 Å². The molecule has 1 heterocycles. The molecule has 0 unspecified atom stereocenters. The van der Waals surface area contributed by atoms with Crippen LogP contribution in [0.3, 0.4) is 0 Å². The number of ether oxygens (including phenoxy) is 1. The van der Waals surface area contributed by atoms with Crippen molar-refractivity contribution in [3.8, 4) is 11.8 Å². The SMILES string of the molecule is Clc1ccc(Oc2ncncn2)cc1. The highest BCUT2D eigenvalue weighted by molar-refractivity contribution is 6.30. The van der Waals surface area contributed by atoms with Crippen molar-refractivity contribution in [3.05, 3.63) is 41.9 Å². The number of nitrogens with zero attached hydrogens (tertiary/aromatic N) is 3. The Bertz CT molecular complexity index is 404. The minimum absolute atomic E-state index is 0.266. The number of rotatable bonds is 2. The Morgan fingerprint density at radius 3 is 2.29 bits per heavy atom. The van der Waals surface area contributed by atoms with E-state index in [0.29, 0.717) is 10.8 Å².